The van der Waals surface area contributed by atoms with Crippen molar-refractivity contribution in [2.45, 2.75) is 110 Å². The van der Waals surface area contributed by atoms with E-state index in [4.69, 9.17) is 18.9 Å². The van der Waals surface area contributed by atoms with Crippen LogP contribution in [0, 0.1) is 11.8 Å². The summed E-state index contributed by atoms with van der Waals surface area (Å²) < 4.78 is 22.0. The SMILES string of the molecule is CCCCc1ccc(-c2ccc(C(=O)C[C@@H](CCCCNC(=O)OC(C)(C)C)C(=O)N(C)[C@@H]3C(=O)C[C@@H](C)C(=O)N[C@H](C(=O)OC)Cc4ccc(OC)c(c4)-c4cc3ccc4OC)cc2)cc1. The average Bonchev–Trinajstić information content (AvgIpc) is 3.31. The quantitative estimate of drug-likeness (QED) is 0.0592. The molecule has 358 valence electrons. The summed E-state index contributed by atoms with van der Waals surface area (Å²) in [4.78, 5) is 84.3. The molecular formula is C54H67N3O10. The van der Waals surface area contributed by atoms with E-state index in [9.17, 15) is 24.0 Å². The Labute approximate surface area is 395 Å². The minimum absolute atomic E-state index is 0.103. The largest absolute Gasteiger partial charge is 0.496 e. The molecule has 0 spiro atoms. The Kier molecular flexibility index (Phi) is 18.3. The van der Waals surface area contributed by atoms with E-state index in [0.29, 0.717) is 52.2 Å². The number of benzene rings is 4. The van der Waals surface area contributed by atoms with Crippen molar-refractivity contribution in [3.63, 3.8) is 0 Å². The van der Waals surface area contributed by atoms with Crippen LogP contribution in [0.5, 0.6) is 11.5 Å². The zero-order valence-electron chi connectivity index (χ0n) is 40.5. The third-order valence-electron chi connectivity index (χ3n) is 12.1. The molecule has 0 aromatic heterocycles. The van der Waals surface area contributed by atoms with Crippen LogP contribution in [-0.4, -0.2) is 86.9 Å². The predicted molar refractivity (Wildman–Crippen MR) is 258 cm³/mol. The number of hydrogen-bond donors (Lipinski definition) is 2. The maximum absolute atomic E-state index is 15.0. The molecule has 3 amide bonds. The number of unbranched alkanes of at least 4 members (excludes halogenated alkanes) is 2. The lowest BCUT2D eigenvalue weighted by Gasteiger charge is -2.32. The van der Waals surface area contributed by atoms with Crippen LogP contribution >= 0.6 is 0 Å². The smallest absolute Gasteiger partial charge is 0.407 e. The predicted octanol–water partition coefficient (Wildman–Crippen LogP) is 9.27. The number of ether oxygens (including phenoxy) is 4. The highest BCUT2D eigenvalue weighted by Crippen LogP contribution is 2.40. The number of nitrogens with zero attached hydrogens (tertiary/aromatic N) is 1. The monoisotopic (exact) mass is 917 g/mol. The molecule has 13 heteroatoms. The van der Waals surface area contributed by atoms with Crippen LogP contribution in [0.1, 0.15) is 113 Å². The number of carbonyl (C=O) groups excluding carboxylic acids is 6. The number of likely N-dealkylation sites (N-methyl/N-ethyl adjacent to an activating group) is 1. The minimum atomic E-state index is -1.19. The second-order valence-corrected chi connectivity index (χ2v) is 18.3. The van der Waals surface area contributed by atoms with Gasteiger partial charge in [0.2, 0.25) is 11.8 Å². The van der Waals surface area contributed by atoms with E-state index in [0.717, 1.165) is 30.4 Å². The standard InChI is InChI=1S/C54H67N3O10/c1-10-11-14-35-16-19-37(20-17-35)38-21-23-39(24-22-38)45(58)33-41(15-12-13-28-55-53(63)67-54(3,4)5)51(61)57(6)49-40-25-27-48(65-8)43(32-40)42-30-36(18-26-47(42)64-7)31-44(52(62)66-9)56-50(60)34(2)29-46(49)59/h16-27,30,32,34,41,44,49H,10-15,28-29,31,33H2,1-9H3,(H,55,63)(H,56,60)/t34-,41-,44+,49+/m1/s1. The molecule has 0 unspecified atom stereocenters. The van der Waals surface area contributed by atoms with Crippen LogP contribution in [0.4, 0.5) is 4.79 Å². The summed E-state index contributed by atoms with van der Waals surface area (Å²) in [6, 6.07) is 24.2. The summed E-state index contributed by atoms with van der Waals surface area (Å²) in [6.07, 6.45) is 3.66. The number of carbonyl (C=O) groups is 6. The molecule has 1 aliphatic rings. The van der Waals surface area contributed by atoms with Crippen molar-refractivity contribution in [2.75, 3.05) is 34.9 Å². The van der Waals surface area contributed by atoms with Crippen molar-refractivity contribution in [3.8, 4) is 33.8 Å². The lowest BCUT2D eigenvalue weighted by Crippen LogP contribution is -2.46. The van der Waals surface area contributed by atoms with Crippen molar-refractivity contribution in [3.05, 3.63) is 107 Å². The number of methoxy groups -OCH3 is 3. The second-order valence-electron chi connectivity index (χ2n) is 18.3. The maximum atomic E-state index is 15.0. The van der Waals surface area contributed by atoms with Gasteiger partial charge in [0.1, 0.15) is 29.2 Å². The van der Waals surface area contributed by atoms with E-state index in [-0.39, 0.29) is 38.0 Å². The summed E-state index contributed by atoms with van der Waals surface area (Å²) in [7, 11) is 5.84. The van der Waals surface area contributed by atoms with Gasteiger partial charge < -0.3 is 34.5 Å². The normalized spacial score (nSPS) is 16.7. The molecule has 5 rings (SSSR count). The first-order valence-electron chi connectivity index (χ1n) is 23.2. The Hall–Kier alpha value is -6.50. The fourth-order valence-corrected chi connectivity index (χ4v) is 8.40. The minimum Gasteiger partial charge on any atom is -0.496 e. The van der Waals surface area contributed by atoms with Gasteiger partial charge in [0.15, 0.2) is 11.6 Å². The lowest BCUT2D eigenvalue weighted by molar-refractivity contribution is -0.146. The third kappa shape index (κ3) is 14.0. The Bertz CT molecular complexity index is 2370. The van der Waals surface area contributed by atoms with Crippen LogP contribution in [0.15, 0.2) is 84.9 Å². The highest BCUT2D eigenvalue weighted by atomic mass is 16.6. The molecule has 2 N–H and O–H groups in total. The van der Waals surface area contributed by atoms with Gasteiger partial charge in [0.25, 0.3) is 0 Å². The number of aryl methyl sites for hydroxylation is 1. The van der Waals surface area contributed by atoms with Gasteiger partial charge in [-0.3, -0.25) is 19.2 Å². The number of esters is 1. The molecule has 0 saturated heterocycles. The number of ketones is 2. The Morgan fingerprint density at radius 2 is 1.43 bits per heavy atom. The van der Waals surface area contributed by atoms with E-state index >= 15 is 4.79 Å². The first-order valence-corrected chi connectivity index (χ1v) is 23.2. The fourth-order valence-electron chi connectivity index (χ4n) is 8.40. The molecule has 0 fully saturated rings. The summed E-state index contributed by atoms with van der Waals surface area (Å²) in [6.45, 7) is 9.40. The van der Waals surface area contributed by atoms with Crippen LogP contribution in [0.2, 0.25) is 0 Å². The summed E-state index contributed by atoms with van der Waals surface area (Å²) in [5.41, 5.74) is 5.38. The fraction of sp³-hybridized carbons (Fsp3) is 0.444. The van der Waals surface area contributed by atoms with Gasteiger partial charge in [0, 0.05) is 61.4 Å². The molecule has 4 bridgehead atoms. The Morgan fingerprint density at radius 3 is 2.04 bits per heavy atom. The molecule has 4 aromatic carbocycles. The van der Waals surface area contributed by atoms with Gasteiger partial charge in [-0.15, -0.1) is 0 Å². The summed E-state index contributed by atoms with van der Waals surface area (Å²) in [5, 5.41) is 5.54. The zero-order valence-corrected chi connectivity index (χ0v) is 40.5. The topological polar surface area (TPSA) is 167 Å². The number of fused-ring (bicyclic) bond motifs is 5. The highest BCUT2D eigenvalue weighted by Gasteiger charge is 2.36. The molecule has 0 saturated carbocycles. The number of nitrogens with one attached hydrogen (secondary N) is 2. The van der Waals surface area contributed by atoms with Gasteiger partial charge >= 0.3 is 12.1 Å². The van der Waals surface area contributed by atoms with Crippen molar-refractivity contribution >= 4 is 35.4 Å². The van der Waals surface area contributed by atoms with Crippen molar-refractivity contribution in [1.82, 2.24) is 15.5 Å². The first kappa shape index (κ1) is 51.5. The van der Waals surface area contributed by atoms with E-state index in [1.54, 1.807) is 77.2 Å². The molecule has 0 aliphatic carbocycles. The molecule has 4 aromatic rings. The van der Waals surface area contributed by atoms with E-state index in [1.807, 2.05) is 18.2 Å². The molecular weight excluding hydrogens is 851 g/mol. The van der Waals surface area contributed by atoms with Gasteiger partial charge in [-0.25, -0.2) is 9.59 Å². The van der Waals surface area contributed by atoms with Crippen LogP contribution in [-0.2, 0) is 41.5 Å². The Balaban J connectivity index is 1.50. The number of rotatable bonds is 17. The van der Waals surface area contributed by atoms with E-state index in [2.05, 4.69) is 41.8 Å². The van der Waals surface area contributed by atoms with Gasteiger partial charge in [-0.2, -0.15) is 0 Å². The van der Waals surface area contributed by atoms with E-state index in [1.165, 1.54) is 31.8 Å². The van der Waals surface area contributed by atoms with Gasteiger partial charge in [-0.05, 0) is 98.5 Å². The number of Topliss-reactive ketones (excluding diaryl/α,β-unsaturated/α-hetero) is 2. The number of alkyl carbamates (subject to hydrolysis) is 1. The zero-order chi connectivity index (χ0) is 48.8. The molecule has 0 radical (unpaired) electrons. The lowest BCUT2D eigenvalue weighted by atomic mass is 9.88. The van der Waals surface area contributed by atoms with Gasteiger partial charge in [0.05, 0.1) is 21.3 Å². The van der Waals surface area contributed by atoms with Crippen LogP contribution < -0.4 is 20.1 Å². The molecule has 1 heterocycles. The van der Waals surface area contributed by atoms with Crippen LogP contribution in [0.25, 0.3) is 22.3 Å². The highest BCUT2D eigenvalue weighted by molar-refractivity contribution is 6.00. The second kappa shape index (κ2) is 23.8. The molecule has 13 nitrogen and oxygen atoms in total. The third-order valence-corrected chi connectivity index (χ3v) is 12.1. The maximum Gasteiger partial charge on any atom is 0.407 e. The molecule has 4 atom stereocenters. The summed E-state index contributed by atoms with van der Waals surface area (Å²) >= 11 is 0. The van der Waals surface area contributed by atoms with Gasteiger partial charge in [-0.1, -0.05) is 87.4 Å². The first-order chi connectivity index (χ1) is 32.0. The summed E-state index contributed by atoms with van der Waals surface area (Å²) in [5.74, 6) is -3.08. The van der Waals surface area contributed by atoms with Crippen molar-refractivity contribution < 1.29 is 47.7 Å². The number of amides is 3. The number of hydrogen-bond acceptors (Lipinski definition) is 10. The van der Waals surface area contributed by atoms with E-state index < -0.39 is 59.2 Å². The Morgan fingerprint density at radius 1 is 0.806 bits per heavy atom. The van der Waals surface area contributed by atoms with Crippen molar-refractivity contribution in [1.29, 1.82) is 0 Å². The molecule has 67 heavy (non-hydrogen) atoms. The average molecular weight is 918 g/mol. The van der Waals surface area contributed by atoms with Crippen molar-refractivity contribution in [2.24, 2.45) is 11.8 Å². The van der Waals surface area contributed by atoms with Crippen LogP contribution in [0.3, 0.4) is 0 Å². The molecule has 1 aliphatic heterocycles.